The van der Waals surface area contributed by atoms with Gasteiger partial charge in [0.05, 0.1) is 0 Å². The van der Waals surface area contributed by atoms with E-state index in [1.807, 2.05) is 6.07 Å². The molecule has 0 radical (unpaired) electrons. The molecule has 0 aliphatic rings. The van der Waals surface area contributed by atoms with Gasteiger partial charge in [-0.25, -0.2) is 0 Å². The van der Waals surface area contributed by atoms with Crippen LogP contribution in [0.2, 0.25) is 0 Å². The Morgan fingerprint density at radius 1 is 1.46 bits per heavy atom. The Labute approximate surface area is 93.7 Å². The SMILES string of the molecule is CN(CS)CCc1cccc(Br)c1. The normalized spacial score (nSPS) is 10.8. The summed E-state index contributed by atoms with van der Waals surface area (Å²) in [6, 6.07) is 8.43. The lowest BCUT2D eigenvalue weighted by Gasteiger charge is -2.12. The molecule has 0 unspecified atom stereocenters. The number of hydrogen-bond acceptors (Lipinski definition) is 2. The summed E-state index contributed by atoms with van der Waals surface area (Å²) in [6.45, 7) is 1.06. The molecule has 1 rings (SSSR count). The molecule has 0 aliphatic carbocycles. The number of halogens is 1. The molecule has 13 heavy (non-hydrogen) atoms. The van der Waals surface area contributed by atoms with Gasteiger partial charge in [0, 0.05) is 16.9 Å². The fourth-order valence-corrected chi connectivity index (χ4v) is 1.67. The van der Waals surface area contributed by atoms with Gasteiger partial charge in [-0.05, 0) is 31.2 Å². The smallest absolute Gasteiger partial charge is 0.0411 e. The molecular weight excluding hydrogens is 246 g/mol. The highest BCUT2D eigenvalue weighted by Crippen LogP contribution is 2.12. The molecule has 0 saturated carbocycles. The monoisotopic (exact) mass is 259 g/mol. The number of likely N-dealkylation sites (N-methyl/N-ethyl adjacent to an activating group) is 1. The van der Waals surface area contributed by atoms with Gasteiger partial charge in [-0.15, -0.1) is 0 Å². The Hall–Kier alpha value is 0.01000. The number of rotatable bonds is 4. The minimum absolute atomic E-state index is 0.813. The summed E-state index contributed by atoms with van der Waals surface area (Å²) in [5, 5.41) is 0. The van der Waals surface area contributed by atoms with Crippen molar-refractivity contribution in [3.05, 3.63) is 34.3 Å². The van der Waals surface area contributed by atoms with E-state index in [-0.39, 0.29) is 0 Å². The summed E-state index contributed by atoms with van der Waals surface area (Å²) in [6.07, 6.45) is 1.08. The molecule has 0 N–H and O–H groups in total. The Morgan fingerprint density at radius 2 is 2.23 bits per heavy atom. The van der Waals surface area contributed by atoms with Crippen LogP contribution in [0, 0.1) is 0 Å². The number of hydrogen-bond donors (Lipinski definition) is 1. The van der Waals surface area contributed by atoms with Crippen molar-refractivity contribution >= 4 is 28.6 Å². The minimum Gasteiger partial charge on any atom is -0.297 e. The van der Waals surface area contributed by atoms with E-state index in [9.17, 15) is 0 Å². The predicted molar refractivity (Wildman–Crippen MR) is 64.3 cm³/mol. The average molecular weight is 260 g/mol. The fraction of sp³-hybridized carbons (Fsp3) is 0.400. The van der Waals surface area contributed by atoms with Crippen LogP contribution < -0.4 is 0 Å². The third-order valence-corrected chi connectivity index (χ3v) is 2.89. The number of benzene rings is 1. The van der Waals surface area contributed by atoms with Crippen molar-refractivity contribution in [2.75, 3.05) is 19.5 Å². The molecule has 0 heterocycles. The van der Waals surface area contributed by atoms with Crippen LogP contribution in [0.4, 0.5) is 0 Å². The first-order chi connectivity index (χ1) is 6.22. The molecule has 1 aromatic carbocycles. The second-order valence-electron chi connectivity index (χ2n) is 3.10. The molecule has 3 heteroatoms. The van der Waals surface area contributed by atoms with Crippen LogP contribution in [0.25, 0.3) is 0 Å². The summed E-state index contributed by atoms with van der Waals surface area (Å²) < 4.78 is 1.15. The topological polar surface area (TPSA) is 3.24 Å². The van der Waals surface area contributed by atoms with Gasteiger partial charge < -0.3 is 0 Å². The van der Waals surface area contributed by atoms with E-state index in [1.54, 1.807) is 0 Å². The van der Waals surface area contributed by atoms with Crippen LogP contribution in [-0.2, 0) is 6.42 Å². The van der Waals surface area contributed by atoms with Crippen molar-refractivity contribution in [3.63, 3.8) is 0 Å². The zero-order valence-electron chi connectivity index (χ0n) is 7.70. The molecule has 0 fully saturated rings. The van der Waals surface area contributed by atoms with E-state index in [2.05, 4.69) is 58.7 Å². The predicted octanol–water partition coefficient (Wildman–Crippen LogP) is 2.81. The summed E-state index contributed by atoms with van der Waals surface area (Å²) in [7, 11) is 2.07. The highest BCUT2D eigenvalue weighted by molar-refractivity contribution is 9.10. The van der Waals surface area contributed by atoms with E-state index in [1.165, 1.54) is 5.56 Å². The summed E-state index contributed by atoms with van der Waals surface area (Å²) in [5.74, 6) is 0.813. The van der Waals surface area contributed by atoms with Crippen LogP contribution in [-0.4, -0.2) is 24.4 Å². The van der Waals surface area contributed by atoms with Crippen molar-refractivity contribution in [2.45, 2.75) is 6.42 Å². The van der Waals surface area contributed by atoms with Crippen LogP contribution in [0.3, 0.4) is 0 Å². The molecule has 72 valence electrons. The van der Waals surface area contributed by atoms with Crippen molar-refractivity contribution in [1.29, 1.82) is 0 Å². The Morgan fingerprint density at radius 3 is 2.85 bits per heavy atom. The minimum atomic E-state index is 0.813. The molecule has 0 atom stereocenters. The largest absolute Gasteiger partial charge is 0.297 e. The van der Waals surface area contributed by atoms with Gasteiger partial charge in [-0.3, -0.25) is 4.90 Å². The van der Waals surface area contributed by atoms with E-state index in [0.29, 0.717) is 0 Å². The summed E-state index contributed by atoms with van der Waals surface area (Å²) in [4.78, 5) is 2.18. The van der Waals surface area contributed by atoms with Gasteiger partial charge in [0.2, 0.25) is 0 Å². The highest BCUT2D eigenvalue weighted by Gasteiger charge is 1.97. The third-order valence-electron chi connectivity index (χ3n) is 1.91. The molecule has 0 amide bonds. The number of thiol groups is 1. The van der Waals surface area contributed by atoms with Crippen molar-refractivity contribution in [1.82, 2.24) is 4.90 Å². The third kappa shape index (κ3) is 4.16. The zero-order valence-corrected chi connectivity index (χ0v) is 10.2. The molecule has 0 aromatic heterocycles. The van der Waals surface area contributed by atoms with Gasteiger partial charge in [0.25, 0.3) is 0 Å². The molecule has 0 bridgehead atoms. The first kappa shape index (κ1) is 11.1. The second kappa shape index (κ2) is 5.68. The lowest BCUT2D eigenvalue weighted by Crippen LogP contribution is -2.19. The van der Waals surface area contributed by atoms with Gasteiger partial charge in [-0.1, -0.05) is 28.1 Å². The first-order valence-electron chi connectivity index (χ1n) is 4.26. The summed E-state index contributed by atoms with van der Waals surface area (Å²) in [5.41, 5.74) is 1.36. The lowest BCUT2D eigenvalue weighted by molar-refractivity contribution is 0.399. The van der Waals surface area contributed by atoms with E-state index >= 15 is 0 Å². The van der Waals surface area contributed by atoms with Crippen LogP contribution in [0.15, 0.2) is 28.7 Å². The Balaban J connectivity index is 2.45. The standard InChI is InChI=1S/C10H14BrNS/c1-12(8-13)6-5-9-3-2-4-10(11)7-9/h2-4,7,13H,5-6,8H2,1H3. The maximum absolute atomic E-state index is 4.20. The molecular formula is C10H14BrNS. The molecule has 0 saturated heterocycles. The fourth-order valence-electron chi connectivity index (χ4n) is 1.08. The van der Waals surface area contributed by atoms with Crippen LogP contribution in [0.5, 0.6) is 0 Å². The molecule has 1 nitrogen and oxygen atoms in total. The van der Waals surface area contributed by atoms with Gasteiger partial charge in [0.1, 0.15) is 0 Å². The molecule has 0 aliphatic heterocycles. The Bertz CT molecular complexity index is 265. The highest BCUT2D eigenvalue weighted by atomic mass is 79.9. The van der Waals surface area contributed by atoms with Crippen molar-refractivity contribution in [3.8, 4) is 0 Å². The maximum atomic E-state index is 4.20. The average Bonchev–Trinajstić information content (AvgIpc) is 2.14. The van der Waals surface area contributed by atoms with E-state index in [4.69, 9.17) is 0 Å². The van der Waals surface area contributed by atoms with Crippen LogP contribution in [0.1, 0.15) is 5.56 Å². The summed E-state index contributed by atoms with van der Waals surface area (Å²) >= 11 is 7.66. The van der Waals surface area contributed by atoms with Crippen molar-refractivity contribution in [2.24, 2.45) is 0 Å². The quantitative estimate of drug-likeness (QED) is 0.643. The van der Waals surface area contributed by atoms with E-state index in [0.717, 1.165) is 23.3 Å². The van der Waals surface area contributed by atoms with Crippen molar-refractivity contribution < 1.29 is 0 Å². The molecule has 1 aromatic rings. The zero-order chi connectivity index (χ0) is 9.68. The van der Waals surface area contributed by atoms with E-state index < -0.39 is 0 Å². The van der Waals surface area contributed by atoms with Gasteiger partial charge in [-0.2, -0.15) is 12.6 Å². The Kier molecular flexibility index (Phi) is 4.84. The number of nitrogens with zero attached hydrogens (tertiary/aromatic N) is 1. The lowest BCUT2D eigenvalue weighted by atomic mass is 10.1. The second-order valence-corrected chi connectivity index (χ2v) is 4.30. The van der Waals surface area contributed by atoms with Gasteiger partial charge in [0.15, 0.2) is 0 Å². The van der Waals surface area contributed by atoms with Crippen LogP contribution >= 0.6 is 28.6 Å². The maximum Gasteiger partial charge on any atom is 0.0411 e. The molecule has 0 spiro atoms. The van der Waals surface area contributed by atoms with Gasteiger partial charge >= 0.3 is 0 Å². The first-order valence-corrected chi connectivity index (χ1v) is 5.69.